The predicted octanol–water partition coefficient (Wildman–Crippen LogP) is 3.90. The second kappa shape index (κ2) is 5.31. The van der Waals surface area contributed by atoms with Gasteiger partial charge in [0, 0.05) is 23.5 Å². The standard InChI is InChI=1S/C14H14N2O2/c1-2-11-5-3-4-6-14(11)15-12-7-9-13(10-8-12)16(17)18/h3-10,15H,2H2,1H3. The summed E-state index contributed by atoms with van der Waals surface area (Å²) in [6.07, 6.45) is 0.941. The second-order valence-corrected chi connectivity index (χ2v) is 3.94. The maximum atomic E-state index is 10.6. The molecule has 2 aromatic rings. The van der Waals surface area contributed by atoms with Gasteiger partial charge in [-0.3, -0.25) is 10.1 Å². The predicted molar refractivity (Wildman–Crippen MR) is 72.2 cm³/mol. The molecule has 0 aliphatic carbocycles. The molecule has 2 aromatic carbocycles. The lowest BCUT2D eigenvalue weighted by molar-refractivity contribution is -0.384. The monoisotopic (exact) mass is 242 g/mol. The number of nitro groups is 1. The average Bonchev–Trinajstić information content (AvgIpc) is 2.40. The zero-order chi connectivity index (χ0) is 13.0. The molecule has 4 heteroatoms. The van der Waals surface area contributed by atoms with E-state index in [1.807, 2.05) is 18.2 Å². The van der Waals surface area contributed by atoms with Crippen LogP contribution in [-0.2, 0) is 6.42 Å². The van der Waals surface area contributed by atoms with Gasteiger partial charge in [-0.05, 0) is 30.2 Å². The van der Waals surface area contributed by atoms with Crippen molar-refractivity contribution >= 4 is 17.1 Å². The molecule has 0 bridgehead atoms. The topological polar surface area (TPSA) is 55.2 Å². The summed E-state index contributed by atoms with van der Waals surface area (Å²) in [5.41, 5.74) is 3.20. The molecular formula is C14H14N2O2. The smallest absolute Gasteiger partial charge is 0.269 e. The Balaban J connectivity index is 2.21. The van der Waals surface area contributed by atoms with Crippen molar-refractivity contribution in [3.8, 4) is 0 Å². The molecule has 92 valence electrons. The highest BCUT2D eigenvalue weighted by atomic mass is 16.6. The molecule has 0 radical (unpaired) electrons. The molecular weight excluding hydrogens is 228 g/mol. The molecule has 0 unspecified atom stereocenters. The SMILES string of the molecule is CCc1ccccc1Nc1ccc([N+](=O)[O-])cc1. The number of hydrogen-bond acceptors (Lipinski definition) is 3. The first-order valence-electron chi connectivity index (χ1n) is 5.80. The van der Waals surface area contributed by atoms with E-state index < -0.39 is 4.92 Å². The van der Waals surface area contributed by atoms with Crippen molar-refractivity contribution in [2.45, 2.75) is 13.3 Å². The van der Waals surface area contributed by atoms with Crippen LogP contribution in [0.15, 0.2) is 48.5 Å². The summed E-state index contributed by atoms with van der Waals surface area (Å²) in [6.45, 7) is 2.09. The van der Waals surface area contributed by atoms with Crippen molar-refractivity contribution in [1.29, 1.82) is 0 Å². The van der Waals surface area contributed by atoms with E-state index in [0.717, 1.165) is 17.8 Å². The van der Waals surface area contributed by atoms with E-state index in [-0.39, 0.29) is 5.69 Å². The number of aryl methyl sites for hydroxylation is 1. The maximum absolute atomic E-state index is 10.6. The number of rotatable bonds is 4. The van der Waals surface area contributed by atoms with Gasteiger partial charge in [0.2, 0.25) is 0 Å². The van der Waals surface area contributed by atoms with Gasteiger partial charge in [0.05, 0.1) is 4.92 Å². The van der Waals surface area contributed by atoms with Gasteiger partial charge in [0.1, 0.15) is 0 Å². The van der Waals surface area contributed by atoms with Crippen molar-refractivity contribution < 1.29 is 4.92 Å². The van der Waals surface area contributed by atoms with Gasteiger partial charge >= 0.3 is 0 Å². The van der Waals surface area contributed by atoms with Crippen LogP contribution in [0.1, 0.15) is 12.5 Å². The summed E-state index contributed by atoms with van der Waals surface area (Å²) in [5, 5.41) is 13.8. The van der Waals surface area contributed by atoms with E-state index in [4.69, 9.17) is 0 Å². The number of anilines is 2. The Kier molecular flexibility index (Phi) is 3.57. The lowest BCUT2D eigenvalue weighted by Crippen LogP contribution is -1.95. The van der Waals surface area contributed by atoms with Crippen LogP contribution in [0.3, 0.4) is 0 Å². The lowest BCUT2D eigenvalue weighted by atomic mass is 10.1. The quantitative estimate of drug-likeness (QED) is 0.653. The molecule has 2 rings (SSSR count). The van der Waals surface area contributed by atoms with Gasteiger partial charge in [-0.15, -0.1) is 0 Å². The summed E-state index contributed by atoms with van der Waals surface area (Å²) >= 11 is 0. The third-order valence-electron chi connectivity index (χ3n) is 2.76. The van der Waals surface area contributed by atoms with Crippen molar-refractivity contribution in [2.24, 2.45) is 0 Å². The fourth-order valence-electron chi connectivity index (χ4n) is 1.77. The normalized spacial score (nSPS) is 10.1. The third-order valence-corrected chi connectivity index (χ3v) is 2.76. The van der Waals surface area contributed by atoms with Gasteiger partial charge in [0.15, 0.2) is 0 Å². The summed E-state index contributed by atoms with van der Waals surface area (Å²) in [5.74, 6) is 0. The van der Waals surface area contributed by atoms with E-state index in [0.29, 0.717) is 0 Å². The molecule has 0 amide bonds. The molecule has 0 aliphatic heterocycles. The van der Waals surface area contributed by atoms with Gasteiger partial charge in [0.25, 0.3) is 5.69 Å². The molecule has 18 heavy (non-hydrogen) atoms. The Morgan fingerprint density at radius 2 is 1.78 bits per heavy atom. The Morgan fingerprint density at radius 3 is 2.39 bits per heavy atom. The average molecular weight is 242 g/mol. The van der Waals surface area contributed by atoms with E-state index >= 15 is 0 Å². The molecule has 0 saturated carbocycles. The van der Waals surface area contributed by atoms with Crippen molar-refractivity contribution in [3.63, 3.8) is 0 Å². The minimum atomic E-state index is -0.399. The summed E-state index contributed by atoms with van der Waals surface area (Å²) < 4.78 is 0. The Labute approximate surface area is 105 Å². The minimum Gasteiger partial charge on any atom is -0.355 e. The summed E-state index contributed by atoms with van der Waals surface area (Å²) in [7, 11) is 0. The number of benzene rings is 2. The molecule has 1 N–H and O–H groups in total. The minimum absolute atomic E-state index is 0.101. The van der Waals surface area contributed by atoms with E-state index in [2.05, 4.69) is 18.3 Å². The van der Waals surface area contributed by atoms with Crippen molar-refractivity contribution in [2.75, 3.05) is 5.32 Å². The molecule has 0 saturated heterocycles. The van der Waals surface area contributed by atoms with Crippen LogP contribution in [-0.4, -0.2) is 4.92 Å². The molecule has 0 fully saturated rings. The highest BCUT2D eigenvalue weighted by molar-refractivity contribution is 5.64. The lowest BCUT2D eigenvalue weighted by Gasteiger charge is -2.10. The highest BCUT2D eigenvalue weighted by Crippen LogP contribution is 2.23. The number of nitrogens with one attached hydrogen (secondary N) is 1. The second-order valence-electron chi connectivity index (χ2n) is 3.94. The number of hydrogen-bond donors (Lipinski definition) is 1. The largest absolute Gasteiger partial charge is 0.355 e. The Morgan fingerprint density at radius 1 is 1.11 bits per heavy atom. The molecule has 0 atom stereocenters. The zero-order valence-corrected chi connectivity index (χ0v) is 10.1. The van der Waals surface area contributed by atoms with Gasteiger partial charge in [-0.2, -0.15) is 0 Å². The van der Waals surface area contributed by atoms with E-state index in [1.165, 1.54) is 17.7 Å². The molecule has 0 aliphatic rings. The fraction of sp³-hybridized carbons (Fsp3) is 0.143. The number of nitrogens with zero attached hydrogens (tertiary/aromatic N) is 1. The van der Waals surface area contributed by atoms with Gasteiger partial charge in [-0.1, -0.05) is 25.1 Å². The molecule has 0 heterocycles. The van der Waals surface area contributed by atoms with Crippen LogP contribution in [0, 0.1) is 10.1 Å². The van der Waals surface area contributed by atoms with Crippen molar-refractivity contribution in [3.05, 3.63) is 64.2 Å². The Hall–Kier alpha value is -2.36. The fourth-order valence-corrected chi connectivity index (χ4v) is 1.77. The van der Waals surface area contributed by atoms with Crippen LogP contribution in [0.25, 0.3) is 0 Å². The van der Waals surface area contributed by atoms with Crippen molar-refractivity contribution in [1.82, 2.24) is 0 Å². The van der Waals surface area contributed by atoms with Crippen LogP contribution in [0.5, 0.6) is 0 Å². The van der Waals surface area contributed by atoms with Crippen LogP contribution >= 0.6 is 0 Å². The van der Waals surface area contributed by atoms with Crippen LogP contribution in [0.4, 0.5) is 17.1 Å². The van der Waals surface area contributed by atoms with Gasteiger partial charge in [-0.25, -0.2) is 0 Å². The number of para-hydroxylation sites is 1. The zero-order valence-electron chi connectivity index (χ0n) is 10.1. The number of non-ortho nitro benzene ring substituents is 1. The first-order chi connectivity index (χ1) is 8.70. The highest BCUT2D eigenvalue weighted by Gasteiger charge is 2.05. The summed E-state index contributed by atoms with van der Waals surface area (Å²) in [4.78, 5) is 10.2. The van der Waals surface area contributed by atoms with Gasteiger partial charge < -0.3 is 5.32 Å². The number of nitro benzene ring substituents is 1. The first kappa shape index (κ1) is 12.1. The van der Waals surface area contributed by atoms with Crippen LogP contribution < -0.4 is 5.32 Å². The third kappa shape index (κ3) is 2.66. The molecule has 0 spiro atoms. The Bertz CT molecular complexity index is 550. The molecule has 0 aromatic heterocycles. The first-order valence-corrected chi connectivity index (χ1v) is 5.80. The molecule has 4 nitrogen and oxygen atoms in total. The summed E-state index contributed by atoms with van der Waals surface area (Å²) in [6, 6.07) is 14.4. The maximum Gasteiger partial charge on any atom is 0.269 e. The van der Waals surface area contributed by atoms with E-state index in [1.54, 1.807) is 12.1 Å². The van der Waals surface area contributed by atoms with Crippen LogP contribution in [0.2, 0.25) is 0 Å². The van der Waals surface area contributed by atoms with E-state index in [9.17, 15) is 10.1 Å².